The van der Waals surface area contributed by atoms with Crippen molar-refractivity contribution in [3.8, 4) is 0 Å². The van der Waals surface area contributed by atoms with Crippen LogP contribution in [-0.4, -0.2) is 19.9 Å². The van der Waals surface area contributed by atoms with Gasteiger partial charge in [-0.1, -0.05) is 6.92 Å². The standard InChI is InChI=1S/C6H13FO/c1-3-6(7)4-5-8-2/h6H,3-5H2,1-2H3. The molecule has 0 N–H and O–H groups in total. The largest absolute Gasteiger partial charge is 0.385 e. The molecule has 8 heavy (non-hydrogen) atoms. The minimum absolute atomic E-state index is 0.535. The topological polar surface area (TPSA) is 9.23 Å². The van der Waals surface area contributed by atoms with Crippen LogP contribution < -0.4 is 0 Å². The highest BCUT2D eigenvalue weighted by Crippen LogP contribution is 2.00. The maximum atomic E-state index is 12.2. The van der Waals surface area contributed by atoms with E-state index in [4.69, 9.17) is 0 Å². The average molecular weight is 120 g/mol. The van der Waals surface area contributed by atoms with E-state index in [1.54, 1.807) is 7.11 Å². The lowest BCUT2D eigenvalue weighted by molar-refractivity contribution is 0.159. The summed E-state index contributed by atoms with van der Waals surface area (Å²) >= 11 is 0. The van der Waals surface area contributed by atoms with Crippen molar-refractivity contribution in [2.24, 2.45) is 0 Å². The quantitative estimate of drug-likeness (QED) is 0.549. The smallest absolute Gasteiger partial charge is 0.102 e. The number of halogens is 1. The van der Waals surface area contributed by atoms with E-state index in [0.717, 1.165) is 0 Å². The number of hydrogen-bond acceptors (Lipinski definition) is 1. The van der Waals surface area contributed by atoms with Crippen molar-refractivity contribution in [3.63, 3.8) is 0 Å². The lowest BCUT2D eigenvalue weighted by Crippen LogP contribution is -2.01. The van der Waals surface area contributed by atoms with Gasteiger partial charge in [0.25, 0.3) is 0 Å². The maximum absolute atomic E-state index is 12.2. The molecule has 0 aliphatic heterocycles. The second-order valence-corrected chi connectivity index (χ2v) is 1.79. The molecule has 1 unspecified atom stereocenters. The summed E-state index contributed by atoms with van der Waals surface area (Å²) in [6.07, 6.45) is 0.464. The van der Waals surface area contributed by atoms with E-state index in [1.807, 2.05) is 6.92 Å². The molecule has 0 saturated carbocycles. The first-order chi connectivity index (χ1) is 3.81. The van der Waals surface area contributed by atoms with Gasteiger partial charge in [-0.2, -0.15) is 0 Å². The Morgan fingerprint density at radius 1 is 1.62 bits per heavy atom. The molecule has 0 aromatic heterocycles. The summed E-state index contributed by atoms with van der Waals surface area (Å²) in [4.78, 5) is 0. The van der Waals surface area contributed by atoms with Gasteiger partial charge in [-0.15, -0.1) is 0 Å². The summed E-state index contributed by atoms with van der Waals surface area (Å²) in [5.41, 5.74) is 0. The molecule has 0 aliphatic carbocycles. The molecular weight excluding hydrogens is 107 g/mol. The number of hydrogen-bond donors (Lipinski definition) is 0. The van der Waals surface area contributed by atoms with Gasteiger partial charge in [0.15, 0.2) is 0 Å². The van der Waals surface area contributed by atoms with Crippen LogP contribution in [0.4, 0.5) is 4.39 Å². The van der Waals surface area contributed by atoms with Crippen LogP contribution in [0, 0.1) is 0 Å². The van der Waals surface area contributed by atoms with Crippen LogP contribution in [0.15, 0.2) is 0 Å². The van der Waals surface area contributed by atoms with Gasteiger partial charge in [0.05, 0.1) is 0 Å². The molecule has 0 heterocycles. The van der Waals surface area contributed by atoms with Crippen molar-refractivity contribution in [2.45, 2.75) is 25.9 Å². The molecule has 0 aromatic carbocycles. The summed E-state index contributed by atoms with van der Waals surface area (Å²) in [5.74, 6) is 0. The van der Waals surface area contributed by atoms with Crippen LogP contribution in [0.2, 0.25) is 0 Å². The molecule has 2 heteroatoms. The Morgan fingerprint density at radius 2 is 2.25 bits per heavy atom. The molecule has 0 saturated heterocycles. The van der Waals surface area contributed by atoms with E-state index >= 15 is 0 Å². The van der Waals surface area contributed by atoms with Crippen molar-refractivity contribution in [1.29, 1.82) is 0 Å². The molecule has 1 atom stereocenters. The predicted octanol–water partition coefficient (Wildman–Crippen LogP) is 1.77. The lowest BCUT2D eigenvalue weighted by Gasteiger charge is -2.01. The highest BCUT2D eigenvalue weighted by atomic mass is 19.1. The lowest BCUT2D eigenvalue weighted by atomic mass is 10.2. The Labute approximate surface area is 49.8 Å². The van der Waals surface area contributed by atoms with Gasteiger partial charge < -0.3 is 4.74 Å². The highest BCUT2D eigenvalue weighted by Gasteiger charge is 1.99. The van der Waals surface area contributed by atoms with Gasteiger partial charge in [0.2, 0.25) is 0 Å². The van der Waals surface area contributed by atoms with Gasteiger partial charge in [-0.05, 0) is 6.42 Å². The second-order valence-electron chi connectivity index (χ2n) is 1.79. The molecule has 0 spiro atoms. The van der Waals surface area contributed by atoms with Crippen molar-refractivity contribution in [2.75, 3.05) is 13.7 Å². The molecule has 50 valence electrons. The van der Waals surface area contributed by atoms with E-state index in [2.05, 4.69) is 4.74 Å². The average Bonchev–Trinajstić information content (AvgIpc) is 1.83. The summed E-state index contributed by atoms with van der Waals surface area (Å²) in [6, 6.07) is 0. The molecular formula is C6H13FO. The number of alkyl halides is 1. The monoisotopic (exact) mass is 120 g/mol. The molecule has 0 fully saturated rings. The molecule has 1 nitrogen and oxygen atoms in total. The van der Waals surface area contributed by atoms with Crippen LogP contribution in [0.5, 0.6) is 0 Å². The van der Waals surface area contributed by atoms with Gasteiger partial charge >= 0.3 is 0 Å². The van der Waals surface area contributed by atoms with Gasteiger partial charge in [0.1, 0.15) is 6.17 Å². The Bertz CT molecular complexity index is 47.8. The van der Waals surface area contributed by atoms with Crippen LogP contribution >= 0.6 is 0 Å². The first-order valence-electron chi connectivity index (χ1n) is 2.94. The normalized spacial score (nSPS) is 13.9. The first kappa shape index (κ1) is 7.89. The predicted molar refractivity (Wildman–Crippen MR) is 31.7 cm³/mol. The van der Waals surface area contributed by atoms with Gasteiger partial charge in [-0.3, -0.25) is 0 Å². The van der Waals surface area contributed by atoms with E-state index in [9.17, 15) is 4.39 Å². The zero-order valence-electron chi connectivity index (χ0n) is 5.48. The third-order valence-corrected chi connectivity index (χ3v) is 1.08. The molecule has 0 aliphatic rings. The minimum Gasteiger partial charge on any atom is -0.385 e. The van der Waals surface area contributed by atoms with Crippen molar-refractivity contribution >= 4 is 0 Å². The third kappa shape index (κ3) is 4.06. The maximum Gasteiger partial charge on any atom is 0.102 e. The Hall–Kier alpha value is -0.110. The summed E-state index contributed by atoms with van der Waals surface area (Å²) in [5, 5.41) is 0. The molecule has 0 amide bonds. The van der Waals surface area contributed by atoms with Crippen LogP contribution in [0.1, 0.15) is 19.8 Å². The highest BCUT2D eigenvalue weighted by molar-refractivity contribution is 4.49. The van der Waals surface area contributed by atoms with Gasteiger partial charge in [0, 0.05) is 20.1 Å². The van der Waals surface area contributed by atoms with Crippen molar-refractivity contribution in [1.82, 2.24) is 0 Å². The minimum atomic E-state index is -0.671. The van der Waals surface area contributed by atoms with Crippen molar-refractivity contribution in [3.05, 3.63) is 0 Å². The molecule has 0 rings (SSSR count). The van der Waals surface area contributed by atoms with Gasteiger partial charge in [-0.25, -0.2) is 4.39 Å². The second kappa shape index (κ2) is 5.04. The van der Waals surface area contributed by atoms with Crippen LogP contribution in [-0.2, 0) is 4.74 Å². The first-order valence-corrected chi connectivity index (χ1v) is 2.94. The Kier molecular flexibility index (Phi) is 4.97. The fraction of sp³-hybridized carbons (Fsp3) is 1.00. The fourth-order valence-electron chi connectivity index (χ4n) is 0.450. The Balaban J connectivity index is 2.86. The SMILES string of the molecule is CCC(F)CCOC. The van der Waals surface area contributed by atoms with E-state index in [1.165, 1.54) is 0 Å². The van der Waals surface area contributed by atoms with E-state index < -0.39 is 6.17 Å². The zero-order valence-corrected chi connectivity index (χ0v) is 5.48. The summed E-state index contributed by atoms with van der Waals surface area (Å²) in [6.45, 7) is 2.37. The fourth-order valence-corrected chi connectivity index (χ4v) is 0.450. The van der Waals surface area contributed by atoms with Crippen LogP contribution in [0.25, 0.3) is 0 Å². The summed E-state index contributed by atoms with van der Waals surface area (Å²) in [7, 11) is 1.59. The molecule has 0 bridgehead atoms. The number of methoxy groups -OCH3 is 1. The number of ether oxygens (including phenoxy) is 1. The van der Waals surface area contributed by atoms with Crippen LogP contribution in [0.3, 0.4) is 0 Å². The van der Waals surface area contributed by atoms with Crippen molar-refractivity contribution < 1.29 is 9.13 Å². The summed E-state index contributed by atoms with van der Waals surface area (Å²) < 4.78 is 16.9. The Morgan fingerprint density at radius 3 is 2.62 bits per heavy atom. The van der Waals surface area contributed by atoms with E-state index in [-0.39, 0.29) is 0 Å². The third-order valence-electron chi connectivity index (χ3n) is 1.08. The van der Waals surface area contributed by atoms with E-state index in [0.29, 0.717) is 19.4 Å². The molecule has 0 radical (unpaired) electrons. The number of rotatable bonds is 4. The molecule has 0 aromatic rings. The zero-order chi connectivity index (χ0) is 6.41.